The molecule has 1 saturated heterocycles. The predicted octanol–water partition coefficient (Wildman–Crippen LogP) is 5.59. The number of fused-ring (bicyclic) bond motifs is 1. The number of likely N-dealkylation sites (tertiary alicyclic amines) is 1. The largest absolute Gasteiger partial charge is 0.323 e. The van der Waals surface area contributed by atoms with Crippen molar-refractivity contribution in [3.05, 3.63) is 54.1 Å². The summed E-state index contributed by atoms with van der Waals surface area (Å²) in [5.74, 6) is 1.80. The zero-order valence-electron chi connectivity index (χ0n) is 21.6. The molecule has 0 bridgehead atoms. The van der Waals surface area contributed by atoms with E-state index in [0.717, 1.165) is 71.6 Å². The summed E-state index contributed by atoms with van der Waals surface area (Å²) in [5.41, 5.74) is 6.19. The molecule has 1 N–H and O–H groups in total. The Morgan fingerprint density at radius 2 is 1.86 bits per heavy atom. The first kappa shape index (κ1) is 24.3. The van der Waals surface area contributed by atoms with Crippen LogP contribution in [-0.2, 0) is 13.0 Å². The van der Waals surface area contributed by atoms with Crippen LogP contribution in [0.3, 0.4) is 0 Å². The van der Waals surface area contributed by atoms with Crippen LogP contribution in [0.1, 0.15) is 63.6 Å². The number of aryl methyl sites for hydroxylation is 2. The van der Waals surface area contributed by atoms with Crippen LogP contribution in [0.4, 0.5) is 11.6 Å². The maximum Gasteiger partial charge on any atom is 0.154 e. The van der Waals surface area contributed by atoms with E-state index >= 15 is 0 Å². The highest BCUT2D eigenvalue weighted by Gasteiger charge is 2.14. The number of aromatic nitrogens is 6. The molecule has 0 radical (unpaired) electrons. The molecule has 0 spiro atoms. The standard InChI is InChI=1S/C28H36N8/c1-4-8-24-23(19-36(34-24)14-7-13-35-11-5-6-12-35)22-15-26-25(29-17-22)9-10-27(31-26)32-28-16-21(20(2)3)18-30-33-28/h9-10,15-20H,4-8,11-14H2,1-3H3,(H,31,32,33). The van der Waals surface area contributed by atoms with E-state index in [0.29, 0.717) is 11.7 Å². The second kappa shape index (κ2) is 11.1. The van der Waals surface area contributed by atoms with Gasteiger partial charge in [0.1, 0.15) is 5.82 Å². The molecular formula is C28H36N8. The summed E-state index contributed by atoms with van der Waals surface area (Å²) in [4.78, 5) is 12.1. The van der Waals surface area contributed by atoms with Gasteiger partial charge in [0.25, 0.3) is 0 Å². The summed E-state index contributed by atoms with van der Waals surface area (Å²) in [6.07, 6.45) is 11.7. The van der Waals surface area contributed by atoms with Crippen LogP contribution in [-0.4, -0.2) is 54.5 Å². The van der Waals surface area contributed by atoms with Gasteiger partial charge in [0, 0.05) is 30.1 Å². The smallest absolute Gasteiger partial charge is 0.154 e. The average molecular weight is 485 g/mol. The lowest BCUT2D eigenvalue weighted by Crippen LogP contribution is -2.21. The van der Waals surface area contributed by atoms with Gasteiger partial charge in [0.2, 0.25) is 0 Å². The highest BCUT2D eigenvalue weighted by atomic mass is 15.3. The lowest BCUT2D eigenvalue weighted by atomic mass is 10.1. The van der Waals surface area contributed by atoms with E-state index in [1.807, 2.05) is 24.4 Å². The maximum atomic E-state index is 4.94. The highest BCUT2D eigenvalue weighted by Crippen LogP contribution is 2.27. The molecular weight excluding hydrogens is 448 g/mol. The first-order valence-electron chi connectivity index (χ1n) is 13.2. The van der Waals surface area contributed by atoms with Gasteiger partial charge in [0.15, 0.2) is 5.82 Å². The number of rotatable bonds is 10. The van der Waals surface area contributed by atoms with Crippen LogP contribution in [0.5, 0.6) is 0 Å². The number of nitrogens with one attached hydrogen (secondary N) is 1. The van der Waals surface area contributed by atoms with E-state index in [4.69, 9.17) is 15.1 Å². The molecule has 8 nitrogen and oxygen atoms in total. The molecule has 8 heteroatoms. The second-order valence-electron chi connectivity index (χ2n) is 10.0. The summed E-state index contributed by atoms with van der Waals surface area (Å²) in [6.45, 7) is 11.1. The monoisotopic (exact) mass is 484 g/mol. The first-order chi connectivity index (χ1) is 17.6. The minimum absolute atomic E-state index is 0.385. The molecule has 36 heavy (non-hydrogen) atoms. The summed E-state index contributed by atoms with van der Waals surface area (Å²) in [6, 6.07) is 8.06. The highest BCUT2D eigenvalue weighted by molar-refractivity contribution is 5.82. The van der Waals surface area contributed by atoms with Crippen LogP contribution in [0.25, 0.3) is 22.2 Å². The van der Waals surface area contributed by atoms with E-state index in [2.05, 4.69) is 58.1 Å². The molecule has 0 atom stereocenters. The minimum atomic E-state index is 0.385. The zero-order valence-corrected chi connectivity index (χ0v) is 21.6. The third-order valence-corrected chi connectivity index (χ3v) is 6.83. The number of anilines is 2. The molecule has 5 heterocycles. The average Bonchev–Trinajstić information content (AvgIpc) is 3.54. The van der Waals surface area contributed by atoms with Gasteiger partial charge in [-0.25, -0.2) is 4.98 Å². The van der Waals surface area contributed by atoms with Crippen LogP contribution in [0.15, 0.2) is 42.9 Å². The van der Waals surface area contributed by atoms with E-state index < -0.39 is 0 Å². The summed E-state index contributed by atoms with van der Waals surface area (Å²) in [5, 5.41) is 16.6. The third kappa shape index (κ3) is 5.70. The quantitative estimate of drug-likeness (QED) is 0.314. The van der Waals surface area contributed by atoms with E-state index in [9.17, 15) is 0 Å². The number of hydrogen-bond acceptors (Lipinski definition) is 7. The zero-order chi connectivity index (χ0) is 24.9. The molecule has 0 unspecified atom stereocenters. The van der Waals surface area contributed by atoms with Crippen molar-refractivity contribution in [1.29, 1.82) is 0 Å². The Kier molecular flexibility index (Phi) is 7.51. The van der Waals surface area contributed by atoms with Crippen LogP contribution in [0, 0.1) is 0 Å². The van der Waals surface area contributed by atoms with E-state index in [1.54, 1.807) is 6.20 Å². The molecule has 0 aliphatic carbocycles. The van der Waals surface area contributed by atoms with Crippen molar-refractivity contribution in [3.8, 4) is 11.1 Å². The Labute approximate surface area is 213 Å². The van der Waals surface area contributed by atoms with Crippen LogP contribution >= 0.6 is 0 Å². The Balaban J connectivity index is 1.37. The topological polar surface area (TPSA) is 84.7 Å². The van der Waals surface area contributed by atoms with Crippen LogP contribution < -0.4 is 5.32 Å². The molecule has 1 aliphatic heterocycles. The second-order valence-corrected chi connectivity index (χ2v) is 10.0. The van der Waals surface area contributed by atoms with Crippen molar-refractivity contribution < 1.29 is 0 Å². The van der Waals surface area contributed by atoms with Crippen molar-refractivity contribution >= 4 is 22.7 Å². The Morgan fingerprint density at radius 3 is 2.67 bits per heavy atom. The molecule has 0 saturated carbocycles. The number of nitrogens with zero attached hydrogens (tertiary/aromatic N) is 7. The predicted molar refractivity (Wildman–Crippen MR) is 144 cm³/mol. The molecule has 1 fully saturated rings. The fourth-order valence-corrected chi connectivity index (χ4v) is 4.81. The molecule has 4 aromatic heterocycles. The van der Waals surface area contributed by atoms with E-state index in [-0.39, 0.29) is 0 Å². The number of pyridine rings is 2. The van der Waals surface area contributed by atoms with Gasteiger partial charge < -0.3 is 10.2 Å². The Morgan fingerprint density at radius 1 is 1.00 bits per heavy atom. The SMILES string of the molecule is CCCc1nn(CCCN2CCCC2)cc1-c1cnc2ccc(Nc3cc(C(C)C)cnn3)nc2c1. The normalized spacial score (nSPS) is 14.2. The van der Waals surface area contributed by atoms with Crippen molar-refractivity contribution in [2.45, 2.75) is 65.3 Å². The summed E-state index contributed by atoms with van der Waals surface area (Å²) >= 11 is 0. The lowest BCUT2D eigenvalue weighted by Gasteiger charge is -2.13. The third-order valence-electron chi connectivity index (χ3n) is 6.83. The molecule has 4 aromatic rings. The summed E-state index contributed by atoms with van der Waals surface area (Å²) < 4.78 is 2.12. The molecule has 188 valence electrons. The molecule has 0 amide bonds. The van der Waals surface area contributed by atoms with Gasteiger partial charge in [-0.3, -0.25) is 9.67 Å². The molecule has 5 rings (SSSR count). The fraction of sp³-hybridized carbons (Fsp3) is 0.464. The van der Waals surface area contributed by atoms with Gasteiger partial charge in [-0.1, -0.05) is 27.2 Å². The van der Waals surface area contributed by atoms with Crippen molar-refractivity contribution in [2.24, 2.45) is 0 Å². The fourth-order valence-electron chi connectivity index (χ4n) is 4.81. The first-order valence-corrected chi connectivity index (χ1v) is 13.2. The van der Waals surface area contributed by atoms with Gasteiger partial charge in [-0.15, -0.1) is 5.10 Å². The van der Waals surface area contributed by atoms with E-state index in [1.165, 1.54) is 25.9 Å². The van der Waals surface area contributed by atoms with Gasteiger partial charge >= 0.3 is 0 Å². The number of hydrogen-bond donors (Lipinski definition) is 1. The van der Waals surface area contributed by atoms with Crippen molar-refractivity contribution in [2.75, 3.05) is 25.0 Å². The van der Waals surface area contributed by atoms with Crippen molar-refractivity contribution in [1.82, 2.24) is 34.8 Å². The van der Waals surface area contributed by atoms with Crippen molar-refractivity contribution in [3.63, 3.8) is 0 Å². The van der Waals surface area contributed by atoms with Gasteiger partial charge in [-0.2, -0.15) is 10.2 Å². The lowest BCUT2D eigenvalue weighted by molar-refractivity contribution is 0.322. The van der Waals surface area contributed by atoms with Gasteiger partial charge in [-0.05, 0) is 81.1 Å². The molecule has 1 aliphatic rings. The Bertz CT molecular complexity index is 1310. The van der Waals surface area contributed by atoms with Gasteiger partial charge in [0.05, 0.1) is 22.9 Å². The maximum absolute atomic E-state index is 4.94. The summed E-state index contributed by atoms with van der Waals surface area (Å²) in [7, 11) is 0. The van der Waals surface area contributed by atoms with Crippen LogP contribution in [0.2, 0.25) is 0 Å². The minimum Gasteiger partial charge on any atom is -0.323 e. The Hall–Kier alpha value is -3.39. The molecule has 0 aromatic carbocycles.